The monoisotopic (exact) mass is 338 g/mol. The summed E-state index contributed by atoms with van der Waals surface area (Å²) in [4.78, 5) is 24.6. The van der Waals surface area contributed by atoms with Crippen LogP contribution in [0.3, 0.4) is 0 Å². The molecule has 0 bridgehead atoms. The number of ether oxygens (including phenoxy) is 1. The van der Waals surface area contributed by atoms with Crippen LogP contribution in [-0.2, 0) is 9.53 Å². The minimum Gasteiger partial charge on any atom is -0.464 e. The van der Waals surface area contributed by atoms with Crippen molar-refractivity contribution >= 4 is 17.3 Å². The molecular formula is C19H18N2O4. The molecule has 0 fully saturated rings. The van der Waals surface area contributed by atoms with Crippen LogP contribution < -0.4 is 4.90 Å². The highest BCUT2D eigenvalue weighted by molar-refractivity contribution is 5.94. The van der Waals surface area contributed by atoms with Gasteiger partial charge in [-0.2, -0.15) is 0 Å². The third kappa shape index (κ3) is 3.10. The fraction of sp³-hybridized carbons (Fsp3) is 0.211. The van der Waals surface area contributed by atoms with E-state index in [1.165, 1.54) is 19.2 Å². The van der Waals surface area contributed by atoms with E-state index in [-0.39, 0.29) is 17.6 Å². The summed E-state index contributed by atoms with van der Waals surface area (Å²) in [6.07, 6.45) is 1.88. The molecule has 1 heterocycles. The van der Waals surface area contributed by atoms with Gasteiger partial charge in [0.15, 0.2) is 0 Å². The van der Waals surface area contributed by atoms with E-state index < -0.39 is 10.9 Å². The molecule has 0 spiro atoms. The normalized spacial score (nSPS) is 19.4. The van der Waals surface area contributed by atoms with Crippen molar-refractivity contribution in [3.05, 3.63) is 82.0 Å². The van der Waals surface area contributed by atoms with Crippen molar-refractivity contribution in [2.45, 2.75) is 13.0 Å². The van der Waals surface area contributed by atoms with Crippen LogP contribution in [0, 0.1) is 16.0 Å². The number of carbonyl (C=O) groups is 1. The molecule has 0 N–H and O–H groups in total. The fourth-order valence-corrected chi connectivity index (χ4v) is 3.21. The number of non-ortho nitro benzene ring substituents is 1. The summed E-state index contributed by atoms with van der Waals surface area (Å²) in [5.41, 5.74) is 2.22. The predicted octanol–water partition coefficient (Wildman–Crippen LogP) is 3.85. The van der Waals surface area contributed by atoms with Gasteiger partial charge in [-0.05, 0) is 23.8 Å². The van der Waals surface area contributed by atoms with E-state index in [0.717, 1.165) is 5.56 Å². The molecule has 0 saturated carbocycles. The van der Waals surface area contributed by atoms with Gasteiger partial charge in [0.1, 0.15) is 5.70 Å². The Bertz CT molecular complexity index is 815. The Labute approximate surface area is 145 Å². The average Bonchev–Trinajstić information content (AvgIpc) is 2.99. The Balaban J connectivity index is 2.06. The third-order valence-corrected chi connectivity index (χ3v) is 4.33. The molecule has 25 heavy (non-hydrogen) atoms. The minimum absolute atomic E-state index is 0.0101. The lowest BCUT2D eigenvalue weighted by molar-refractivity contribution is -0.384. The lowest BCUT2D eigenvalue weighted by Gasteiger charge is -2.31. The van der Waals surface area contributed by atoms with Gasteiger partial charge >= 0.3 is 5.97 Å². The molecule has 2 aromatic rings. The molecule has 0 unspecified atom stereocenters. The first-order valence-electron chi connectivity index (χ1n) is 7.91. The Morgan fingerprint density at radius 2 is 1.76 bits per heavy atom. The first-order chi connectivity index (χ1) is 12.0. The van der Waals surface area contributed by atoms with Gasteiger partial charge in [0.2, 0.25) is 0 Å². The molecule has 1 aliphatic rings. The molecule has 0 aromatic heterocycles. The smallest absolute Gasteiger partial charge is 0.354 e. The average molecular weight is 338 g/mol. The number of nitro groups is 1. The fourth-order valence-electron chi connectivity index (χ4n) is 3.21. The first kappa shape index (κ1) is 16.7. The number of esters is 1. The van der Waals surface area contributed by atoms with Gasteiger partial charge in [0, 0.05) is 23.7 Å². The second kappa shape index (κ2) is 6.76. The Kier molecular flexibility index (Phi) is 4.52. The SMILES string of the molecule is COC(=O)C1=C[C@@H](C)[C@H](c2ccccc2)N1c1ccc([N+](=O)[O-])cc1. The Morgan fingerprint density at radius 3 is 2.32 bits per heavy atom. The van der Waals surface area contributed by atoms with E-state index in [1.54, 1.807) is 12.1 Å². The van der Waals surface area contributed by atoms with E-state index in [9.17, 15) is 14.9 Å². The standard InChI is InChI=1S/C19H18N2O4/c1-13-12-17(19(22)25-2)20(18(13)14-6-4-3-5-7-14)15-8-10-16(11-9-15)21(23)24/h3-13,18H,1-2H3/t13-,18-/m1/s1. The maximum atomic E-state index is 12.3. The Hall–Kier alpha value is -3.15. The minimum atomic E-state index is -0.442. The molecule has 3 rings (SSSR count). The summed E-state index contributed by atoms with van der Waals surface area (Å²) in [7, 11) is 1.34. The van der Waals surface area contributed by atoms with Crippen molar-refractivity contribution in [2.75, 3.05) is 12.0 Å². The summed E-state index contributed by atoms with van der Waals surface area (Å²) in [5, 5.41) is 10.9. The number of nitrogens with zero attached hydrogens (tertiary/aromatic N) is 2. The van der Waals surface area contributed by atoms with Crippen LogP contribution in [0.25, 0.3) is 0 Å². The highest BCUT2D eigenvalue weighted by atomic mass is 16.6. The van der Waals surface area contributed by atoms with E-state index in [4.69, 9.17) is 4.74 Å². The summed E-state index contributed by atoms with van der Waals surface area (Å²) < 4.78 is 4.92. The van der Waals surface area contributed by atoms with Gasteiger partial charge in [-0.15, -0.1) is 0 Å². The van der Waals surface area contributed by atoms with Gasteiger partial charge in [-0.3, -0.25) is 10.1 Å². The van der Waals surface area contributed by atoms with Gasteiger partial charge in [-0.25, -0.2) is 4.79 Å². The number of anilines is 1. The molecule has 2 aromatic carbocycles. The zero-order chi connectivity index (χ0) is 18.0. The van der Waals surface area contributed by atoms with Gasteiger partial charge in [0.25, 0.3) is 5.69 Å². The highest BCUT2D eigenvalue weighted by Gasteiger charge is 2.37. The van der Waals surface area contributed by atoms with Gasteiger partial charge in [-0.1, -0.05) is 37.3 Å². The maximum Gasteiger partial charge on any atom is 0.354 e. The second-order valence-electron chi connectivity index (χ2n) is 5.90. The molecule has 128 valence electrons. The van der Waals surface area contributed by atoms with Crippen molar-refractivity contribution < 1.29 is 14.5 Å². The largest absolute Gasteiger partial charge is 0.464 e. The number of hydrogen-bond donors (Lipinski definition) is 0. The Morgan fingerprint density at radius 1 is 1.12 bits per heavy atom. The van der Waals surface area contributed by atoms with E-state index in [2.05, 4.69) is 0 Å². The van der Waals surface area contributed by atoms with Crippen LogP contribution in [0.2, 0.25) is 0 Å². The molecule has 6 nitrogen and oxygen atoms in total. The second-order valence-corrected chi connectivity index (χ2v) is 5.90. The van der Waals surface area contributed by atoms with Crippen molar-refractivity contribution in [3.8, 4) is 0 Å². The van der Waals surface area contributed by atoms with E-state index in [1.807, 2.05) is 48.2 Å². The van der Waals surface area contributed by atoms with E-state index in [0.29, 0.717) is 11.4 Å². The van der Waals surface area contributed by atoms with Gasteiger partial charge in [0.05, 0.1) is 18.1 Å². The number of carbonyl (C=O) groups excluding carboxylic acids is 1. The van der Waals surface area contributed by atoms with Crippen molar-refractivity contribution in [2.24, 2.45) is 5.92 Å². The molecule has 2 atom stereocenters. The summed E-state index contributed by atoms with van der Waals surface area (Å²) in [6, 6.07) is 16.0. The first-order valence-corrected chi connectivity index (χ1v) is 7.91. The molecule has 0 radical (unpaired) electrons. The molecule has 0 amide bonds. The summed E-state index contributed by atoms with van der Waals surface area (Å²) in [6.45, 7) is 2.03. The molecule has 6 heteroatoms. The molecule has 1 aliphatic heterocycles. The quantitative estimate of drug-likeness (QED) is 0.481. The van der Waals surface area contributed by atoms with E-state index >= 15 is 0 Å². The van der Waals surface area contributed by atoms with Crippen LogP contribution in [0.4, 0.5) is 11.4 Å². The summed E-state index contributed by atoms with van der Waals surface area (Å²) in [5.74, 6) is -0.352. The number of rotatable bonds is 4. The summed E-state index contributed by atoms with van der Waals surface area (Å²) >= 11 is 0. The molecular weight excluding hydrogens is 320 g/mol. The van der Waals surface area contributed by atoms with Crippen LogP contribution in [0.5, 0.6) is 0 Å². The van der Waals surface area contributed by atoms with Crippen molar-refractivity contribution in [1.82, 2.24) is 0 Å². The van der Waals surface area contributed by atoms with Crippen LogP contribution in [0.15, 0.2) is 66.4 Å². The predicted molar refractivity (Wildman–Crippen MR) is 94.0 cm³/mol. The highest BCUT2D eigenvalue weighted by Crippen LogP contribution is 2.42. The number of nitro benzene ring substituents is 1. The van der Waals surface area contributed by atoms with Crippen LogP contribution >= 0.6 is 0 Å². The molecule has 0 aliphatic carbocycles. The number of methoxy groups -OCH3 is 1. The van der Waals surface area contributed by atoms with Crippen LogP contribution in [-0.4, -0.2) is 18.0 Å². The lowest BCUT2D eigenvalue weighted by Crippen LogP contribution is -2.29. The van der Waals surface area contributed by atoms with Gasteiger partial charge < -0.3 is 9.64 Å². The third-order valence-electron chi connectivity index (χ3n) is 4.33. The number of benzene rings is 2. The van der Waals surface area contributed by atoms with Crippen molar-refractivity contribution in [1.29, 1.82) is 0 Å². The number of hydrogen-bond acceptors (Lipinski definition) is 5. The zero-order valence-corrected chi connectivity index (χ0v) is 14.0. The lowest BCUT2D eigenvalue weighted by atomic mass is 9.96. The zero-order valence-electron chi connectivity index (χ0n) is 14.0. The van der Waals surface area contributed by atoms with Crippen LogP contribution in [0.1, 0.15) is 18.5 Å². The van der Waals surface area contributed by atoms with Crippen molar-refractivity contribution in [3.63, 3.8) is 0 Å². The topological polar surface area (TPSA) is 72.7 Å². The molecule has 0 saturated heterocycles. The maximum absolute atomic E-state index is 12.3.